The lowest BCUT2D eigenvalue weighted by molar-refractivity contribution is 0.644. The Balaban J connectivity index is 2.16. The van der Waals surface area contributed by atoms with E-state index in [1.807, 2.05) is 29.6 Å². The van der Waals surface area contributed by atoms with Gasteiger partial charge in [0.2, 0.25) is 0 Å². The molecule has 92 valence electrons. The van der Waals surface area contributed by atoms with Crippen molar-refractivity contribution in [1.29, 1.82) is 5.26 Å². The van der Waals surface area contributed by atoms with Gasteiger partial charge in [-0.05, 0) is 18.6 Å². The van der Waals surface area contributed by atoms with Gasteiger partial charge in [0.15, 0.2) is 0 Å². The lowest BCUT2D eigenvalue weighted by Crippen LogP contribution is -2.21. The molecule has 1 heterocycles. The highest BCUT2D eigenvalue weighted by Gasteiger charge is 2.07. The number of rotatable bonds is 4. The van der Waals surface area contributed by atoms with Crippen LogP contribution in [-0.4, -0.2) is 11.0 Å². The molecule has 0 amide bonds. The molecule has 0 aliphatic rings. The van der Waals surface area contributed by atoms with Crippen molar-refractivity contribution >= 4 is 11.3 Å². The van der Waals surface area contributed by atoms with Crippen LogP contribution in [-0.2, 0) is 6.42 Å². The molecule has 0 saturated heterocycles. The number of aromatic nitrogens is 1. The smallest absolute Gasteiger partial charge is 0.0991 e. The Bertz CT molecular complexity index is 551. The van der Waals surface area contributed by atoms with Crippen LogP contribution in [0.2, 0.25) is 0 Å². The van der Waals surface area contributed by atoms with Crippen molar-refractivity contribution < 1.29 is 0 Å². The van der Waals surface area contributed by atoms with Crippen LogP contribution < -0.4 is 5.73 Å². The maximum atomic E-state index is 8.75. The molecule has 1 aromatic carbocycles. The lowest BCUT2D eigenvalue weighted by Gasteiger charge is -2.04. The highest BCUT2D eigenvalue weighted by molar-refractivity contribution is 7.09. The summed E-state index contributed by atoms with van der Waals surface area (Å²) in [6, 6.07) is 9.77. The molecule has 3 nitrogen and oxygen atoms in total. The Morgan fingerprint density at radius 1 is 1.39 bits per heavy atom. The van der Waals surface area contributed by atoms with Crippen molar-refractivity contribution in [3.63, 3.8) is 0 Å². The van der Waals surface area contributed by atoms with Crippen LogP contribution in [0.4, 0.5) is 0 Å². The van der Waals surface area contributed by atoms with E-state index in [4.69, 9.17) is 11.0 Å². The monoisotopic (exact) mass is 257 g/mol. The molecule has 18 heavy (non-hydrogen) atoms. The zero-order valence-electron chi connectivity index (χ0n) is 10.3. The van der Waals surface area contributed by atoms with Gasteiger partial charge in [0.05, 0.1) is 22.3 Å². The van der Waals surface area contributed by atoms with Gasteiger partial charge >= 0.3 is 0 Å². The van der Waals surface area contributed by atoms with Crippen molar-refractivity contribution in [2.24, 2.45) is 5.73 Å². The first-order valence-corrected chi connectivity index (χ1v) is 6.81. The second kappa shape index (κ2) is 5.76. The summed E-state index contributed by atoms with van der Waals surface area (Å²) in [7, 11) is 0. The number of benzene rings is 1. The van der Waals surface area contributed by atoms with E-state index < -0.39 is 0 Å². The van der Waals surface area contributed by atoms with E-state index in [9.17, 15) is 0 Å². The highest BCUT2D eigenvalue weighted by atomic mass is 32.1. The molecule has 0 aliphatic carbocycles. The lowest BCUT2D eigenvalue weighted by atomic mass is 10.1. The summed E-state index contributed by atoms with van der Waals surface area (Å²) in [5.41, 5.74) is 8.59. The summed E-state index contributed by atoms with van der Waals surface area (Å²) in [6.45, 7) is 2.08. The maximum absolute atomic E-state index is 8.75. The fraction of sp³-hybridized carbons (Fsp3) is 0.286. The number of hydrogen-bond acceptors (Lipinski definition) is 4. The first kappa shape index (κ1) is 12.7. The quantitative estimate of drug-likeness (QED) is 0.916. The van der Waals surface area contributed by atoms with Crippen LogP contribution >= 0.6 is 11.3 Å². The molecule has 0 fully saturated rings. The van der Waals surface area contributed by atoms with Gasteiger partial charge in [-0.15, -0.1) is 11.3 Å². The molecular weight excluding hydrogens is 242 g/mol. The largest absolute Gasteiger partial charge is 0.327 e. The molecule has 1 unspecified atom stereocenters. The standard InChI is InChI=1S/C14H15N3S/c1-2-12(16)7-14-17-13(9-18-14)11-5-3-10(8-15)4-6-11/h3-6,9,12H,2,7,16H2,1H3. The first-order chi connectivity index (χ1) is 8.72. The predicted octanol–water partition coefficient (Wildman–Crippen LogP) is 2.96. The van der Waals surface area contributed by atoms with Crippen LogP contribution in [0, 0.1) is 11.3 Å². The van der Waals surface area contributed by atoms with Crippen molar-refractivity contribution in [3.05, 3.63) is 40.2 Å². The van der Waals surface area contributed by atoms with Crippen LogP contribution in [0.1, 0.15) is 23.9 Å². The number of nitrogens with two attached hydrogens (primary N) is 1. The fourth-order valence-electron chi connectivity index (χ4n) is 1.62. The molecule has 2 N–H and O–H groups in total. The number of nitrogens with zero attached hydrogens (tertiary/aromatic N) is 2. The minimum absolute atomic E-state index is 0.185. The molecule has 0 aliphatic heterocycles. The average Bonchev–Trinajstić information content (AvgIpc) is 2.87. The van der Waals surface area contributed by atoms with Gasteiger partial charge < -0.3 is 5.73 Å². The molecule has 0 saturated carbocycles. The normalized spacial score (nSPS) is 12.1. The highest BCUT2D eigenvalue weighted by Crippen LogP contribution is 2.23. The van der Waals surface area contributed by atoms with Gasteiger partial charge in [-0.2, -0.15) is 5.26 Å². The van der Waals surface area contributed by atoms with E-state index in [0.29, 0.717) is 5.56 Å². The summed E-state index contributed by atoms with van der Waals surface area (Å²) in [4.78, 5) is 4.58. The summed E-state index contributed by atoms with van der Waals surface area (Å²) < 4.78 is 0. The van der Waals surface area contributed by atoms with E-state index in [0.717, 1.165) is 29.1 Å². The molecule has 0 radical (unpaired) electrons. The second-order valence-corrected chi connectivity index (χ2v) is 5.13. The summed E-state index contributed by atoms with van der Waals surface area (Å²) in [5, 5.41) is 11.9. The van der Waals surface area contributed by atoms with Crippen molar-refractivity contribution in [2.75, 3.05) is 0 Å². The van der Waals surface area contributed by atoms with Crippen molar-refractivity contribution in [1.82, 2.24) is 4.98 Å². The van der Waals surface area contributed by atoms with Gasteiger partial charge in [0.25, 0.3) is 0 Å². The second-order valence-electron chi connectivity index (χ2n) is 4.19. The minimum atomic E-state index is 0.185. The van der Waals surface area contributed by atoms with Gasteiger partial charge in [0.1, 0.15) is 0 Å². The van der Waals surface area contributed by atoms with E-state index >= 15 is 0 Å². The van der Waals surface area contributed by atoms with Crippen LogP contribution in [0.15, 0.2) is 29.6 Å². The Labute approximate surface area is 111 Å². The molecule has 1 aromatic heterocycles. The molecule has 0 bridgehead atoms. The SMILES string of the molecule is CCC(N)Cc1nc(-c2ccc(C#N)cc2)cs1. The van der Waals surface area contributed by atoms with Gasteiger partial charge in [-0.1, -0.05) is 19.1 Å². The van der Waals surface area contributed by atoms with E-state index in [1.165, 1.54) is 0 Å². The van der Waals surface area contributed by atoms with Gasteiger partial charge in [-0.25, -0.2) is 4.98 Å². The third-order valence-electron chi connectivity index (χ3n) is 2.82. The fourth-order valence-corrected chi connectivity index (χ4v) is 2.52. The van der Waals surface area contributed by atoms with Crippen molar-refractivity contribution in [3.8, 4) is 17.3 Å². The Hall–Kier alpha value is -1.70. The predicted molar refractivity (Wildman–Crippen MR) is 74.2 cm³/mol. The number of nitriles is 1. The zero-order chi connectivity index (χ0) is 13.0. The molecule has 4 heteroatoms. The Morgan fingerprint density at radius 2 is 2.11 bits per heavy atom. The van der Waals surface area contributed by atoms with Crippen LogP contribution in [0.25, 0.3) is 11.3 Å². The van der Waals surface area contributed by atoms with E-state index in [-0.39, 0.29) is 6.04 Å². The van der Waals surface area contributed by atoms with E-state index in [1.54, 1.807) is 11.3 Å². The summed E-state index contributed by atoms with van der Waals surface area (Å²) in [5.74, 6) is 0. The van der Waals surface area contributed by atoms with Gasteiger partial charge in [0, 0.05) is 23.4 Å². The summed E-state index contributed by atoms with van der Waals surface area (Å²) in [6.07, 6.45) is 1.79. The number of hydrogen-bond donors (Lipinski definition) is 1. The Morgan fingerprint density at radius 3 is 2.72 bits per heavy atom. The van der Waals surface area contributed by atoms with Crippen LogP contribution in [0.5, 0.6) is 0 Å². The number of thiazole rings is 1. The maximum Gasteiger partial charge on any atom is 0.0991 e. The minimum Gasteiger partial charge on any atom is -0.327 e. The first-order valence-electron chi connectivity index (χ1n) is 5.93. The zero-order valence-corrected chi connectivity index (χ0v) is 11.1. The molecule has 0 spiro atoms. The molecule has 2 rings (SSSR count). The summed E-state index contributed by atoms with van der Waals surface area (Å²) >= 11 is 1.64. The van der Waals surface area contributed by atoms with Crippen molar-refractivity contribution in [2.45, 2.75) is 25.8 Å². The third-order valence-corrected chi connectivity index (χ3v) is 3.69. The third kappa shape index (κ3) is 2.95. The molecule has 1 atom stereocenters. The van der Waals surface area contributed by atoms with Crippen LogP contribution in [0.3, 0.4) is 0 Å². The molecule has 2 aromatic rings. The van der Waals surface area contributed by atoms with Gasteiger partial charge in [-0.3, -0.25) is 0 Å². The Kier molecular flexibility index (Phi) is 4.08. The average molecular weight is 257 g/mol. The topological polar surface area (TPSA) is 62.7 Å². The molecular formula is C14H15N3S. The van der Waals surface area contributed by atoms with E-state index in [2.05, 4.69) is 18.0 Å².